The fourth-order valence-electron chi connectivity index (χ4n) is 2.56. The minimum absolute atomic E-state index is 0. The molecule has 2 aliphatic rings. The van der Waals surface area contributed by atoms with E-state index in [0.29, 0.717) is 5.41 Å². The van der Waals surface area contributed by atoms with Crippen LogP contribution < -0.4 is 10.6 Å². The van der Waals surface area contributed by atoms with Gasteiger partial charge in [-0.2, -0.15) is 0 Å². The number of halogens is 1. The molecule has 1 fully saturated rings. The van der Waals surface area contributed by atoms with Crippen molar-refractivity contribution in [2.75, 3.05) is 19.6 Å². The standard InChI is InChI=1S/C13H25N3.HI/c1-13(2)6-4-11(5-7-13)10-16-12-14-8-3-9-15-12;/h11H,3-10H2,1-2H3,(H2,14,15,16);1H. The molecule has 0 saturated heterocycles. The Morgan fingerprint density at radius 2 is 2.06 bits per heavy atom. The highest BCUT2D eigenvalue weighted by atomic mass is 127. The summed E-state index contributed by atoms with van der Waals surface area (Å²) < 4.78 is 0. The topological polar surface area (TPSA) is 36.4 Å². The lowest BCUT2D eigenvalue weighted by molar-refractivity contribution is 0.192. The van der Waals surface area contributed by atoms with Crippen molar-refractivity contribution in [1.82, 2.24) is 10.6 Å². The van der Waals surface area contributed by atoms with Gasteiger partial charge in [-0.15, -0.1) is 24.0 Å². The van der Waals surface area contributed by atoms with Gasteiger partial charge in [-0.1, -0.05) is 13.8 Å². The third kappa shape index (κ3) is 5.02. The molecular weight excluding hydrogens is 325 g/mol. The van der Waals surface area contributed by atoms with Crippen LogP contribution in [-0.2, 0) is 0 Å². The van der Waals surface area contributed by atoms with E-state index in [-0.39, 0.29) is 24.0 Å². The number of rotatable bonds is 2. The summed E-state index contributed by atoms with van der Waals surface area (Å²) in [7, 11) is 0. The van der Waals surface area contributed by atoms with Crippen molar-refractivity contribution in [3.63, 3.8) is 0 Å². The molecule has 2 N–H and O–H groups in total. The Morgan fingerprint density at radius 3 is 2.65 bits per heavy atom. The van der Waals surface area contributed by atoms with Crippen LogP contribution in [0.15, 0.2) is 4.99 Å². The fraction of sp³-hybridized carbons (Fsp3) is 0.923. The molecule has 1 aliphatic heterocycles. The first kappa shape index (κ1) is 15.1. The van der Waals surface area contributed by atoms with Crippen LogP contribution in [-0.4, -0.2) is 25.6 Å². The van der Waals surface area contributed by atoms with Crippen LogP contribution in [0.5, 0.6) is 0 Å². The summed E-state index contributed by atoms with van der Waals surface area (Å²) in [6, 6.07) is 0. The van der Waals surface area contributed by atoms with E-state index in [1.807, 2.05) is 0 Å². The van der Waals surface area contributed by atoms with Crippen LogP contribution >= 0.6 is 24.0 Å². The van der Waals surface area contributed by atoms with Crippen molar-refractivity contribution in [3.05, 3.63) is 0 Å². The first-order valence-corrected chi connectivity index (χ1v) is 6.68. The van der Waals surface area contributed by atoms with Crippen LogP contribution in [0.2, 0.25) is 0 Å². The highest BCUT2D eigenvalue weighted by Crippen LogP contribution is 2.37. The maximum absolute atomic E-state index is 4.44. The molecule has 0 bridgehead atoms. The predicted octanol–water partition coefficient (Wildman–Crippen LogP) is 2.76. The lowest BCUT2D eigenvalue weighted by Crippen LogP contribution is -2.43. The van der Waals surface area contributed by atoms with Crippen molar-refractivity contribution in [1.29, 1.82) is 0 Å². The van der Waals surface area contributed by atoms with E-state index in [2.05, 4.69) is 29.5 Å². The van der Waals surface area contributed by atoms with Crippen LogP contribution in [0.3, 0.4) is 0 Å². The molecule has 0 aromatic heterocycles. The van der Waals surface area contributed by atoms with Crippen LogP contribution in [0.25, 0.3) is 0 Å². The molecule has 0 aromatic carbocycles. The Morgan fingerprint density at radius 1 is 1.35 bits per heavy atom. The Bertz CT molecular complexity index is 253. The first-order chi connectivity index (χ1) is 7.66. The van der Waals surface area contributed by atoms with Crippen molar-refractivity contribution >= 4 is 29.9 Å². The van der Waals surface area contributed by atoms with Crippen LogP contribution in [0.1, 0.15) is 46.0 Å². The number of hydrogen-bond acceptors (Lipinski definition) is 3. The molecule has 0 amide bonds. The minimum atomic E-state index is 0. The summed E-state index contributed by atoms with van der Waals surface area (Å²) in [6.07, 6.45) is 6.65. The van der Waals surface area contributed by atoms with Crippen LogP contribution in [0.4, 0.5) is 0 Å². The Hall–Kier alpha value is 0. The summed E-state index contributed by atoms with van der Waals surface area (Å²) in [6.45, 7) is 7.94. The molecule has 0 atom stereocenters. The Balaban J connectivity index is 0.00000144. The molecule has 0 unspecified atom stereocenters. The second-order valence-corrected chi connectivity index (χ2v) is 6.00. The van der Waals surface area contributed by atoms with Gasteiger partial charge in [0.1, 0.15) is 0 Å². The maximum Gasteiger partial charge on any atom is 0.191 e. The Labute approximate surface area is 122 Å². The normalized spacial score (nSPS) is 24.2. The highest BCUT2D eigenvalue weighted by Gasteiger charge is 2.26. The van der Waals surface area contributed by atoms with E-state index >= 15 is 0 Å². The van der Waals surface area contributed by atoms with Gasteiger partial charge in [0.15, 0.2) is 5.96 Å². The van der Waals surface area contributed by atoms with Gasteiger partial charge in [-0.25, -0.2) is 0 Å². The molecule has 17 heavy (non-hydrogen) atoms. The molecule has 4 heteroatoms. The summed E-state index contributed by atoms with van der Waals surface area (Å²) in [5, 5.41) is 6.77. The van der Waals surface area contributed by atoms with Gasteiger partial charge in [0, 0.05) is 19.6 Å². The average Bonchev–Trinajstić information content (AvgIpc) is 2.29. The number of guanidine groups is 1. The molecule has 0 radical (unpaired) electrons. The van der Waals surface area contributed by atoms with Crippen molar-refractivity contribution in [2.45, 2.75) is 46.0 Å². The smallest absolute Gasteiger partial charge is 0.191 e. The van der Waals surface area contributed by atoms with Gasteiger partial charge in [0.25, 0.3) is 0 Å². The molecule has 2 rings (SSSR count). The number of nitrogens with one attached hydrogen (secondary N) is 2. The zero-order valence-corrected chi connectivity index (χ0v) is 13.4. The van der Waals surface area contributed by atoms with Gasteiger partial charge in [0.05, 0.1) is 0 Å². The molecule has 3 nitrogen and oxygen atoms in total. The predicted molar refractivity (Wildman–Crippen MR) is 84.1 cm³/mol. The summed E-state index contributed by atoms with van der Waals surface area (Å²) in [5.41, 5.74) is 0.580. The highest BCUT2D eigenvalue weighted by molar-refractivity contribution is 14.0. The van der Waals surface area contributed by atoms with Crippen molar-refractivity contribution in [3.8, 4) is 0 Å². The lowest BCUT2D eigenvalue weighted by Gasteiger charge is -2.34. The van der Waals surface area contributed by atoms with E-state index in [4.69, 9.17) is 0 Å². The maximum atomic E-state index is 4.44. The number of aliphatic imine (C=N–C) groups is 1. The van der Waals surface area contributed by atoms with Gasteiger partial charge in [0.2, 0.25) is 0 Å². The van der Waals surface area contributed by atoms with Gasteiger partial charge in [-0.05, 0) is 43.4 Å². The number of hydrogen-bond donors (Lipinski definition) is 2. The van der Waals surface area contributed by atoms with E-state index in [1.165, 1.54) is 32.1 Å². The molecule has 1 saturated carbocycles. The SMILES string of the molecule is CC1(C)CCC(CNC2=NCCCN2)CC1.I. The van der Waals surface area contributed by atoms with E-state index < -0.39 is 0 Å². The summed E-state index contributed by atoms with van der Waals surface area (Å²) in [5.74, 6) is 1.87. The van der Waals surface area contributed by atoms with Gasteiger partial charge < -0.3 is 10.6 Å². The average molecular weight is 351 g/mol. The van der Waals surface area contributed by atoms with Crippen molar-refractivity contribution < 1.29 is 0 Å². The van der Waals surface area contributed by atoms with E-state index in [0.717, 1.165) is 31.5 Å². The Kier molecular flexibility index (Phi) is 6.03. The minimum Gasteiger partial charge on any atom is -0.356 e. The van der Waals surface area contributed by atoms with E-state index in [9.17, 15) is 0 Å². The quantitative estimate of drug-likeness (QED) is 0.751. The third-order valence-corrected chi connectivity index (χ3v) is 3.91. The summed E-state index contributed by atoms with van der Waals surface area (Å²) in [4.78, 5) is 4.44. The van der Waals surface area contributed by atoms with E-state index in [1.54, 1.807) is 0 Å². The molecular formula is C13H26IN3. The molecule has 100 valence electrons. The molecule has 0 aromatic rings. The molecule has 1 heterocycles. The second-order valence-electron chi connectivity index (χ2n) is 6.00. The first-order valence-electron chi connectivity index (χ1n) is 6.68. The largest absolute Gasteiger partial charge is 0.356 e. The van der Waals surface area contributed by atoms with Gasteiger partial charge >= 0.3 is 0 Å². The molecule has 1 aliphatic carbocycles. The third-order valence-electron chi connectivity index (χ3n) is 3.91. The molecule has 0 spiro atoms. The van der Waals surface area contributed by atoms with Crippen LogP contribution in [0, 0.1) is 11.3 Å². The summed E-state index contributed by atoms with van der Waals surface area (Å²) >= 11 is 0. The van der Waals surface area contributed by atoms with Crippen molar-refractivity contribution in [2.24, 2.45) is 16.3 Å². The number of nitrogens with zero attached hydrogens (tertiary/aromatic N) is 1. The monoisotopic (exact) mass is 351 g/mol. The lowest BCUT2D eigenvalue weighted by atomic mass is 9.73. The van der Waals surface area contributed by atoms with Gasteiger partial charge in [-0.3, -0.25) is 4.99 Å². The second kappa shape index (κ2) is 6.81. The fourth-order valence-corrected chi connectivity index (χ4v) is 2.56. The zero-order chi connectivity index (χ0) is 11.4. The zero-order valence-electron chi connectivity index (χ0n) is 11.1.